The molecule has 62 valence electrons. The van der Waals surface area contributed by atoms with Gasteiger partial charge in [-0.1, -0.05) is 5.16 Å². The Morgan fingerprint density at radius 3 is 2.83 bits per heavy atom. The number of anilines is 1. The lowest BCUT2D eigenvalue weighted by Crippen LogP contribution is -1.85. The van der Waals surface area contributed by atoms with Crippen molar-refractivity contribution in [2.24, 2.45) is 0 Å². The number of hydrogen-bond donors (Lipinski definition) is 1. The van der Waals surface area contributed by atoms with E-state index in [9.17, 15) is 0 Å². The van der Waals surface area contributed by atoms with Gasteiger partial charge in [0.15, 0.2) is 11.6 Å². The fourth-order valence-corrected chi connectivity index (χ4v) is 1.37. The smallest absolute Gasteiger partial charge is 0.185 e. The van der Waals surface area contributed by atoms with Gasteiger partial charge < -0.3 is 14.7 Å². The van der Waals surface area contributed by atoms with E-state index in [0.717, 1.165) is 9.13 Å². The highest BCUT2D eigenvalue weighted by Crippen LogP contribution is 2.28. The van der Waals surface area contributed by atoms with Gasteiger partial charge in [-0.2, -0.15) is 0 Å². The van der Waals surface area contributed by atoms with Crippen molar-refractivity contribution in [3.05, 3.63) is 22.2 Å². The molecular formula is C7H5IN2O2. The largest absolute Gasteiger partial charge is 0.472 e. The van der Waals surface area contributed by atoms with Crippen LogP contribution in [0.25, 0.3) is 11.3 Å². The van der Waals surface area contributed by atoms with E-state index in [0.29, 0.717) is 11.6 Å². The lowest BCUT2D eigenvalue weighted by molar-refractivity contribution is 0.434. The van der Waals surface area contributed by atoms with E-state index in [1.165, 1.54) is 0 Å². The first kappa shape index (κ1) is 7.66. The normalized spacial score (nSPS) is 10.4. The fourth-order valence-electron chi connectivity index (χ4n) is 0.864. The third kappa shape index (κ3) is 1.09. The molecule has 0 atom stereocenters. The standard InChI is InChI=1S/C7H5IN2O2/c8-5-6(12-10-7(5)9)4-1-2-11-3-4/h1-3H,(H2,9,10). The minimum atomic E-state index is 0.409. The highest BCUT2D eigenvalue weighted by molar-refractivity contribution is 14.1. The maximum atomic E-state index is 5.50. The van der Waals surface area contributed by atoms with Gasteiger partial charge in [0.05, 0.1) is 11.8 Å². The van der Waals surface area contributed by atoms with E-state index in [-0.39, 0.29) is 0 Å². The van der Waals surface area contributed by atoms with Crippen molar-refractivity contribution >= 4 is 28.4 Å². The molecule has 2 N–H and O–H groups in total. The van der Waals surface area contributed by atoms with Crippen molar-refractivity contribution in [2.75, 3.05) is 5.73 Å². The Bertz CT molecular complexity index is 380. The van der Waals surface area contributed by atoms with Crippen LogP contribution >= 0.6 is 22.6 Å². The average molecular weight is 276 g/mol. The molecule has 0 saturated heterocycles. The maximum Gasteiger partial charge on any atom is 0.185 e. The number of rotatable bonds is 1. The zero-order chi connectivity index (χ0) is 8.55. The molecule has 5 heteroatoms. The van der Waals surface area contributed by atoms with Crippen LogP contribution in [0.3, 0.4) is 0 Å². The Morgan fingerprint density at radius 1 is 1.50 bits per heavy atom. The Morgan fingerprint density at radius 2 is 2.33 bits per heavy atom. The number of nitrogens with two attached hydrogens (primary N) is 1. The quantitative estimate of drug-likeness (QED) is 0.810. The summed E-state index contributed by atoms with van der Waals surface area (Å²) in [6.45, 7) is 0. The number of furan rings is 1. The van der Waals surface area contributed by atoms with E-state index in [1.807, 2.05) is 0 Å². The first-order valence-corrected chi connectivity index (χ1v) is 4.30. The Kier molecular flexibility index (Phi) is 1.80. The molecule has 2 rings (SSSR count). The number of hydrogen-bond acceptors (Lipinski definition) is 4. The van der Waals surface area contributed by atoms with Crippen LogP contribution in [-0.4, -0.2) is 5.16 Å². The van der Waals surface area contributed by atoms with Gasteiger partial charge >= 0.3 is 0 Å². The van der Waals surface area contributed by atoms with Gasteiger partial charge in [0.2, 0.25) is 0 Å². The minimum absolute atomic E-state index is 0.409. The molecule has 0 saturated carbocycles. The number of nitrogens with zero attached hydrogens (tertiary/aromatic N) is 1. The fraction of sp³-hybridized carbons (Fsp3) is 0. The van der Waals surface area contributed by atoms with Crippen LogP contribution in [0.2, 0.25) is 0 Å². The second-order valence-corrected chi connectivity index (χ2v) is 3.30. The highest BCUT2D eigenvalue weighted by atomic mass is 127. The molecule has 0 fully saturated rings. The summed E-state index contributed by atoms with van der Waals surface area (Å²) in [6.07, 6.45) is 3.16. The molecular weight excluding hydrogens is 271 g/mol. The van der Waals surface area contributed by atoms with Crippen molar-refractivity contribution in [3.63, 3.8) is 0 Å². The predicted molar refractivity (Wildman–Crippen MR) is 51.3 cm³/mol. The van der Waals surface area contributed by atoms with Gasteiger partial charge in [0.1, 0.15) is 9.83 Å². The van der Waals surface area contributed by atoms with Crippen molar-refractivity contribution in [2.45, 2.75) is 0 Å². The van der Waals surface area contributed by atoms with Crippen molar-refractivity contribution in [1.82, 2.24) is 5.16 Å². The molecule has 2 aromatic heterocycles. The molecule has 0 amide bonds. The summed E-state index contributed by atoms with van der Waals surface area (Å²) >= 11 is 2.08. The van der Waals surface area contributed by atoms with E-state index in [2.05, 4.69) is 27.7 Å². The second kappa shape index (κ2) is 2.81. The summed E-state index contributed by atoms with van der Waals surface area (Å²) < 4.78 is 10.7. The highest BCUT2D eigenvalue weighted by Gasteiger charge is 2.13. The van der Waals surface area contributed by atoms with Gasteiger partial charge in [-0.05, 0) is 28.7 Å². The van der Waals surface area contributed by atoms with E-state index in [4.69, 9.17) is 14.7 Å². The third-order valence-corrected chi connectivity index (χ3v) is 2.49. The molecule has 0 aromatic carbocycles. The molecule has 4 nitrogen and oxygen atoms in total. The Balaban J connectivity index is 2.55. The summed E-state index contributed by atoms with van der Waals surface area (Å²) in [6, 6.07) is 1.79. The van der Waals surface area contributed by atoms with Crippen molar-refractivity contribution < 1.29 is 8.94 Å². The topological polar surface area (TPSA) is 65.2 Å². The van der Waals surface area contributed by atoms with Gasteiger partial charge in [-0.15, -0.1) is 0 Å². The Labute approximate surface area is 81.8 Å². The second-order valence-electron chi connectivity index (χ2n) is 2.22. The zero-order valence-corrected chi connectivity index (χ0v) is 8.11. The van der Waals surface area contributed by atoms with Crippen LogP contribution in [0, 0.1) is 3.57 Å². The van der Waals surface area contributed by atoms with Crippen LogP contribution < -0.4 is 5.73 Å². The van der Waals surface area contributed by atoms with Crippen LogP contribution in [0.1, 0.15) is 0 Å². The molecule has 12 heavy (non-hydrogen) atoms. The van der Waals surface area contributed by atoms with E-state index < -0.39 is 0 Å². The predicted octanol–water partition coefficient (Wildman–Crippen LogP) is 2.12. The summed E-state index contributed by atoms with van der Waals surface area (Å²) in [5.74, 6) is 1.06. The molecule has 0 aliphatic carbocycles. The minimum Gasteiger partial charge on any atom is -0.472 e. The third-order valence-electron chi connectivity index (χ3n) is 1.44. The monoisotopic (exact) mass is 276 g/mol. The Hall–Kier alpha value is -0.980. The number of halogens is 1. The zero-order valence-electron chi connectivity index (χ0n) is 5.95. The summed E-state index contributed by atoms with van der Waals surface area (Å²) in [5.41, 5.74) is 6.35. The summed E-state index contributed by atoms with van der Waals surface area (Å²) in [5, 5.41) is 3.63. The van der Waals surface area contributed by atoms with Crippen molar-refractivity contribution in [1.29, 1.82) is 0 Å². The van der Waals surface area contributed by atoms with Crippen LogP contribution in [0.4, 0.5) is 5.82 Å². The number of aromatic nitrogens is 1. The molecule has 2 aromatic rings. The van der Waals surface area contributed by atoms with Crippen LogP contribution in [0.15, 0.2) is 27.5 Å². The van der Waals surface area contributed by atoms with Gasteiger partial charge in [0.25, 0.3) is 0 Å². The molecule has 0 unspecified atom stereocenters. The molecule has 0 aliphatic rings. The van der Waals surface area contributed by atoms with Gasteiger partial charge in [-0.3, -0.25) is 0 Å². The first-order chi connectivity index (χ1) is 5.79. The van der Waals surface area contributed by atoms with Gasteiger partial charge in [-0.25, -0.2) is 0 Å². The average Bonchev–Trinajstić information content (AvgIpc) is 2.64. The molecule has 0 bridgehead atoms. The lowest BCUT2D eigenvalue weighted by Gasteiger charge is -1.87. The molecule has 2 heterocycles. The maximum absolute atomic E-state index is 5.50. The number of nitrogen functional groups attached to an aromatic ring is 1. The lowest BCUT2D eigenvalue weighted by atomic mass is 10.3. The van der Waals surface area contributed by atoms with Gasteiger partial charge in [0, 0.05) is 0 Å². The summed E-state index contributed by atoms with van der Waals surface area (Å²) in [4.78, 5) is 0. The summed E-state index contributed by atoms with van der Waals surface area (Å²) in [7, 11) is 0. The first-order valence-electron chi connectivity index (χ1n) is 3.22. The van der Waals surface area contributed by atoms with Crippen molar-refractivity contribution in [3.8, 4) is 11.3 Å². The molecule has 0 aliphatic heterocycles. The molecule has 0 spiro atoms. The molecule has 0 radical (unpaired) electrons. The van der Waals surface area contributed by atoms with Crippen LogP contribution in [-0.2, 0) is 0 Å². The van der Waals surface area contributed by atoms with E-state index >= 15 is 0 Å². The van der Waals surface area contributed by atoms with E-state index in [1.54, 1.807) is 18.6 Å². The SMILES string of the molecule is Nc1noc(-c2ccoc2)c1I. The van der Waals surface area contributed by atoms with Crippen LogP contribution in [0.5, 0.6) is 0 Å².